The van der Waals surface area contributed by atoms with Gasteiger partial charge in [-0.2, -0.15) is 0 Å². The maximum atomic E-state index is 11.9. The highest BCUT2D eigenvalue weighted by Crippen LogP contribution is 2.20. The van der Waals surface area contributed by atoms with Crippen molar-refractivity contribution in [2.24, 2.45) is 0 Å². The molecule has 0 atom stereocenters. The summed E-state index contributed by atoms with van der Waals surface area (Å²) in [5.74, 6) is 0.0570. The highest BCUT2D eigenvalue weighted by molar-refractivity contribution is 6.32. The maximum Gasteiger partial charge on any atom is 0.277 e. The van der Waals surface area contributed by atoms with Crippen molar-refractivity contribution in [1.29, 1.82) is 0 Å². The van der Waals surface area contributed by atoms with Gasteiger partial charge < -0.3 is 14.6 Å². The van der Waals surface area contributed by atoms with E-state index in [1.807, 2.05) is 6.92 Å². The van der Waals surface area contributed by atoms with Gasteiger partial charge in [0.2, 0.25) is 0 Å². The molecule has 2 aromatic rings. The number of rotatable bonds is 4. The smallest absolute Gasteiger partial charge is 0.277 e. The van der Waals surface area contributed by atoms with Gasteiger partial charge in [-0.1, -0.05) is 16.8 Å². The molecule has 0 aliphatic heterocycles. The number of methoxy groups -OCH3 is 1. The molecule has 100 valence electrons. The Morgan fingerprint density at radius 1 is 1.53 bits per heavy atom. The number of pyridine rings is 1. The first-order chi connectivity index (χ1) is 9.10. The van der Waals surface area contributed by atoms with Crippen molar-refractivity contribution in [3.63, 3.8) is 0 Å². The van der Waals surface area contributed by atoms with Gasteiger partial charge in [0.1, 0.15) is 6.61 Å². The number of carbonyl (C=O) groups is 1. The van der Waals surface area contributed by atoms with Crippen molar-refractivity contribution in [3.8, 4) is 0 Å². The third-order valence-corrected chi connectivity index (χ3v) is 2.60. The Hall–Kier alpha value is -1.92. The van der Waals surface area contributed by atoms with Crippen molar-refractivity contribution in [1.82, 2.24) is 10.1 Å². The Labute approximate surface area is 114 Å². The predicted molar refractivity (Wildman–Crippen MR) is 69.2 cm³/mol. The van der Waals surface area contributed by atoms with Gasteiger partial charge in [0.05, 0.1) is 5.69 Å². The molecule has 0 unspecified atom stereocenters. The molecule has 2 aromatic heterocycles. The van der Waals surface area contributed by atoms with Crippen LogP contribution in [-0.4, -0.2) is 23.2 Å². The number of ether oxygens (including phenoxy) is 1. The Morgan fingerprint density at radius 3 is 3.05 bits per heavy atom. The van der Waals surface area contributed by atoms with Crippen LogP contribution in [0.4, 0.5) is 5.69 Å². The van der Waals surface area contributed by atoms with Crippen LogP contribution < -0.4 is 5.32 Å². The molecule has 0 saturated carbocycles. The minimum absolute atomic E-state index is 0.157. The van der Waals surface area contributed by atoms with Crippen LogP contribution in [0, 0.1) is 6.92 Å². The van der Waals surface area contributed by atoms with Crippen molar-refractivity contribution in [2.45, 2.75) is 13.5 Å². The van der Waals surface area contributed by atoms with E-state index >= 15 is 0 Å². The molecule has 19 heavy (non-hydrogen) atoms. The molecule has 0 bridgehead atoms. The number of aryl methyl sites for hydroxylation is 1. The fraction of sp³-hybridized carbons (Fsp3) is 0.250. The largest absolute Gasteiger partial charge is 0.377 e. The Balaban J connectivity index is 2.13. The van der Waals surface area contributed by atoms with Crippen molar-refractivity contribution < 1.29 is 14.1 Å². The molecule has 0 aliphatic carbocycles. The zero-order valence-electron chi connectivity index (χ0n) is 10.4. The summed E-state index contributed by atoms with van der Waals surface area (Å²) in [5.41, 5.74) is 1.48. The number of aromatic nitrogens is 2. The minimum Gasteiger partial charge on any atom is -0.377 e. The lowest BCUT2D eigenvalue weighted by atomic mass is 10.3. The summed E-state index contributed by atoms with van der Waals surface area (Å²) in [6, 6.07) is 3.24. The molecule has 0 radical (unpaired) electrons. The first kappa shape index (κ1) is 13.5. The van der Waals surface area contributed by atoms with Crippen LogP contribution in [0.1, 0.15) is 21.8 Å². The molecule has 0 spiro atoms. The van der Waals surface area contributed by atoms with Crippen LogP contribution >= 0.6 is 11.6 Å². The minimum atomic E-state index is -0.416. The van der Waals surface area contributed by atoms with Crippen LogP contribution in [0.5, 0.6) is 0 Å². The molecule has 1 N–H and O–H groups in total. The SMILES string of the molecule is COCc1cc(C(=O)Nc2cc(C)cnc2Cl)no1. The molecule has 1 amide bonds. The molecule has 6 nitrogen and oxygen atoms in total. The molecule has 0 saturated heterocycles. The zero-order valence-corrected chi connectivity index (χ0v) is 11.2. The third kappa shape index (κ3) is 3.30. The Kier molecular flexibility index (Phi) is 4.13. The van der Waals surface area contributed by atoms with E-state index in [9.17, 15) is 4.79 Å². The zero-order chi connectivity index (χ0) is 13.8. The number of halogens is 1. The van der Waals surface area contributed by atoms with Gasteiger partial charge in [-0.25, -0.2) is 4.98 Å². The van der Waals surface area contributed by atoms with Crippen LogP contribution in [0.2, 0.25) is 5.15 Å². The number of carbonyl (C=O) groups excluding carboxylic acids is 1. The Morgan fingerprint density at radius 2 is 2.32 bits per heavy atom. The summed E-state index contributed by atoms with van der Waals surface area (Å²) in [5, 5.41) is 6.50. The van der Waals surface area contributed by atoms with Crippen LogP contribution in [0.15, 0.2) is 22.9 Å². The average molecular weight is 282 g/mol. The summed E-state index contributed by atoms with van der Waals surface area (Å²) in [6.07, 6.45) is 1.62. The summed E-state index contributed by atoms with van der Waals surface area (Å²) in [6.45, 7) is 2.11. The summed E-state index contributed by atoms with van der Waals surface area (Å²) >= 11 is 5.89. The standard InChI is InChI=1S/C12H12ClN3O3/c1-7-3-9(11(13)14-5-7)15-12(17)10-4-8(6-18-2)19-16-10/h3-5H,6H2,1-2H3,(H,15,17). The lowest BCUT2D eigenvalue weighted by Gasteiger charge is -2.05. The fourth-order valence-electron chi connectivity index (χ4n) is 1.46. The molecule has 2 rings (SSSR count). The first-order valence-corrected chi connectivity index (χ1v) is 5.86. The highest BCUT2D eigenvalue weighted by Gasteiger charge is 2.14. The normalized spacial score (nSPS) is 10.5. The number of nitrogens with zero attached hydrogens (tertiary/aromatic N) is 2. The number of amides is 1. The maximum absolute atomic E-state index is 11.9. The molecule has 0 fully saturated rings. The second kappa shape index (κ2) is 5.81. The fourth-order valence-corrected chi connectivity index (χ4v) is 1.61. The van der Waals surface area contributed by atoms with Crippen LogP contribution in [-0.2, 0) is 11.3 Å². The van der Waals surface area contributed by atoms with Gasteiger partial charge in [0.15, 0.2) is 16.6 Å². The van der Waals surface area contributed by atoms with E-state index in [0.29, 0.717) is 11.4 Å². The van der Waals surface area contributed by atoms with Gasteiger partial charge in [0, 0.05) is 19.4 Å². The second-order valence-electron chi connectivity index (χ2n) is 3.92. The number of nitrogens with one attached hydrogen (secondary N) is 1. The topological polar surface area (TPSA) is 77.2 Å². The molecule has 7 heteroatoms. The summed E-state index contributed by atoms with van der Waals surface area (Å²) in [7, 11) is 1.53. The quantitative estimate of drug-likeness (QED) is 0.871. The van der Waals surface area contributed by atoms with E-state index < -0.39 is 5.91 Å². The van der Waals surface area contributed by atoms with E-state index in [4.69, 9.17) is 20.9 Å². The summed E-state index contributed by atoms with van der Waals surface area (Å²) < 4.78 is 9.81. The van der Waals surface area contributed by atoms with Gasteiger partial charge in [-0.15, -0.1) is 0 Å². The number of hydrogen-bond donors (Lipinski definition) is 1. The molecule has 0 aliphatic rings. The Bertz CT molecular complexity index is 598. The molecule has 2 heterocycles. The lowest BCUT2D eigenvalue weighted by Crippen LogP contribution is -2.13. The lowest BCUT2D eigenvalue weighted by molar-refractivity contribution is 0.101. The van der Waals surface area contributed by atoms with Gasteiger partial charge >= 0.3 is 0 Å². The highest BCUT2D eigenvalue weighted by atomic mass is 35.5. The third-order valence-electron chi connectivity index (χ3n) is 2.30. The number of hydrogen-bond acceptors (Lipinski definition) is 5. The van der Waals surface area contributed by atoms with E-state index in [-0.39, 0.29) is 17.5 Å². The van der Waals surface area contributed by atoms with Crippen molar-refractivity contribution in [2.75, 3.05) is 12.4 Å². The van der Waals surface area contributed by atoms with E-state index in [2.05, 4.69) is 15.5 Å². The van der Waals surface area contributed by atoms with E-state index in [1.165, 1.54) is 13.2 Å². The van der Waals surface area contributed by atoms with Gasteiger partial charge in [-0.05, 0) is 18.6 Å². The van der Waals surface area contributed by atoms with Crippen LogP contribution in [0.3, 0.4) is 0 Å². The first-order valence-electron chi connectivity index (χ1n) is 5.48. The summed E-state index contributed by atoms with van der Waals surface area (Å²) in [4.78, 5) is 15.9. The average Bonchev–Trinajstić information content (AvgIpc) is 2.83. The molecular weight excluding hydrogens is 270 g/mol. The van der Waals surface area contributed by atoms with Gasteiger partial charge in [0.25, 0.3) is 5.91 Å². The van der Waals surface area contributed by atoms with Crippen LogP contribution in [0.25, 0.3) is 0 Å². The predicted octanol–water partition coefficient (Wildman–Crippen LogP) is 2.43. The van der Waals surface area contributed by atoms with E-state index in [0.717, 1.165) is 5.56 Å². The van der Waals surface area contributed by atoms with Gasteiger partial charge in [-0.3, -0.25) is 4.79 Å². The molecule has 0 aromatic carbocycles. The number of anilines is 1. The monoisotopic (exact) mass is 281 g/mol. The van der Waals surface area contributed by atoms with E-state index in [1.54, 1.807) is 12.3 Å². The van der Waals surface area contributed by atoms with Crippen molar-refractivity contribution >= 4 is 23.2 Å². The van der Waals surface area contributed by atoms with Crippen molar-refractivity contribution in [3.05, 3.63) is 40.5 Å². The molecular formula is C12H12ClN3O3. The second-order valence-corrected chi connectivity index (χ2v) is 4.27.